The Morgan fingerprint density at radius 3 is 1.34 bits per heavy atom. The highest BCUT2D eigenvalue weighted by atomic mass is 16.4. The Balaban J connectivity index is 2.44. The highest BCUT2D eigenvalue weighted by molar-refractivity contribution is 5.72. The van der Waals surface area contributed by atoms with Crippen LogP contribution >= 0.6 is 0 Å². The van der Waals surface area contributed by atoms with Crippen LogP contribution in [0.1, 0.15) is 154 Å². The van der Waals surface area contributed by atoms with E-state index in [-0.39, 0.29) is 69.6 Å². The predicted molar refractivity (Wildman–Crippen MR) is 224 cm³/mol. The standard InChI is InChI=1S/C44H64N6O12/c1-9-28(10-2)17-32(42(57)58)20-31(15-26(7)40(53)54)38-24-50(48-46-38)36(16-27(8)41(55)56)22-34(44(61)62)21-35(13-5)49-23-37(45-47-49)30(12-4)19-33(43(59)60)18-29(11-3)14-25(6)39(51)52/h1,3,23-36H,10,12-22H2,2,4-8H3,(H,51,52)(H,53,54)(H,55,56)(H,57,58)(H,59,60)(H,61,62). The van der Waals surface area contributed by atoms with E-state index in [1.165, 1.54) is 31.6 Å². The summed E-state index contributed by atoms with van der Waals surface area (Å²) in [7, 11) is 0. The monoisotopic (exact) mass is 868 g/mol. The van der Waals surface area contributed by atoms with E-state index < -0.39 is 95.2 Å². The van der Waals surface area contributed by atoms with Crippen molar-refractivity contribution < 1.29 is 59.4 Å². The number of carboxylic acids is 6. The van der Waals surface area contributed by atoms with E-state index in [1.54, 1.807) is 10.9 Å². The molecule has 2 heterocycles. The van der Waals surface area contributed by atoms with Crippen molar-refractivity contribution in [3.05, 3.63) is 23.8 Å². The maximum absolute atomic E-state index is 12.9. The minimum Gasteiger partial charge on any atom is -0.481 e. The molecule has 18 nitrogen and oxygen atoms in total. The van der Waals surface area contributed by atoms with E-state index >= 15 is 0 Å². The lowest BCUT2D eigenvalue weighted by molar-refractivity contribution is -0.144. The van der Waals surface area contributed by atoms with E-state index in [2.05, 4.69) is 32.5 Å². The quantitative estimate of drug-likeness (QED) is 0.0452. The third-order valence-corrected chi connectivity index (χ3v) is 12.2. The molecule has 2 rings (SSSR count). The molecule has 12 atom stereocenters. The Bertz CT molecular complexity index is 1900. The van der Waals surface area contributed by atoms with Crippen LogP contribution in [0, 0.1) is 72.0 Å². The number of hydrogen-bond donors (Lipinski definition) is 6. The van der Waals surface area contributed by atoms with Gasteiger partial charge in [0.1, 0.15) is 0 Å². The second-order valence-corrected chi connectivity index (χ2v) is 16.8. The van der Waals surface area contributed by atoms with Crippen molar-refractivity contribution in [2.75, 3.05) is 0 Å². The van der Waals surface area contributed by atoms with Crippen molar-refractivity contribution in [3.8, 4) is 24.7 Å². The molecular weight excluding hydrogens is 805 g/mol. The number of nitrogens with zero attached hydrogens (tertiary/aromatic N) is 6. The first kappa shape index (κ1) is 52.4. The van der Waals surface area contributed by atoms with Crippen LogP contribution in [0.5, 0.6) is 0 Å². The number of carbonyl (C=O) groups is 6. The van der Waals surface area contributed by atoms with E-state index in [4.69, 9.17) is 12.8 Å². The molecule has 6 N–H and O–H groups in total. The Morgan fingerprint density at radius 1 is 0.500 bits per heavy atom. The van der Waals surface area contributed by atoms with Crippen molar-refractivity contribution in [1.29, 1.82) is 0 Å². The van der Waals surface area contributed by atoms with Gasteiger partial charge in [0.25, 0.3) is 0 Å². The fourth-order valence-corrected chi connectivity index (χ4v) is 7.99. The van der Waals surface area contributed by atoms with Gasteiger partial charge in [-0.05, 0) is 77.0 Å². The van der Waals surface area contributed by atoms with Crippen LogP contribution in [0.4, 0.5) is 0 Å². The summed E-state index contributed by atoms with van der Waals surface area (Å²) in [5.74, 6) is -8.66. The topological polar surface area (TPSA) is 285 Å². The third-order valence-electron chi connectivity index (χ3n) is 12.2. The Hall–Kier alpha value is -5.78. The van der Waals surface area contributed by atoms with Crippen LogP contribution < -0.4 is 0 Å². The van der Waals surface area contributed by atoms with Crippen LogP contribution in [0.15, 0.2) is 12.4 Å². The zero-order valence-electron chi connectivity index (χ0n) is 36.5. The van der Waals surface area contributed by atoms with Crippen LogP contribution in [0.3, 0.4) is 0 Å². The summed E-state index contributed by atoms with van der Waals surface area (Å²) in [5, 5.41) is 76.9. The van der Waals surface area contributed by atoms with Gasteiger partial charge in [-0.15, -0.1) is 34.9 Å². The van der Waals surface area contributed by atoms with Crippen molar-refractivity contribution in [1.82, 2.24) is 30.0 Å². The molecule has 0 bridgehead atoms. The number of aromatic nitrogens is 6. The largest absolute Gasteiger partial charge is 0.481 e. The third kappa shape index (κ3) is 15.9. The maximum Gasteiger partial charge on any atom is 0.306 e. The predicted octanol–water partition coefficient (Wildman–Crippen LogP) is 6.32. The molecule has 0 saturated heterocycles. The molecule has 0 saturated carbocycles. The Labute approximate surface area is 362 Å². The van der Waals surface area contributed by atoms with Gasteiger partial charge in [-0.3, -0.25) is 28.8 Å². The fraction of sp³-hybridized carbons (Fsp3) is 0.682. The van der Waals surface area contributed by atoms with E-state index in [0.29, 0.717) is 30.7 Å². The van der Waals surface area contributed by atoms with Gasteiger partial charge in [0, 0.05) is 36.1 Å². The number of rotatable bonds is 31. The summed E-state index contributed by atoms with van der Waals surface area (Å²) in [4.78, 5) is 73.0. The molecule has 0 aromatic carbocycles. The van der Waals surface area contributed by atoms with Gasteiger partial charge < -0.3 is 30.6 Å². The molecule has 342 valence electrons. The Morgan fingerprint density at radius 2 is 0.903 bits per heavy atom. The first-order valence-corrected chi connectivity index (χ1v) is 21.3. The summed E-state index contributed by atoms with van der Waals surface area (Å²) in [6.45, 7) is 10.1. The SMILES string of the molecule is C#CC(CC(C)C(=O)O)CC(CC(CC)c1cn(C(CC)CC(CC(CC(C)C(=O)O)n2cc(C(CC(C)C(=O)O)CC(CC(C#C)CC)C(=O)O)nn2)C(=O)O)nn1)C(=O)O. The Kier molecular flexibility index (Phi) is 21.3. The lowest BCUT2D eigenvalue weighted by atomic mass is 9.81. The molecule has 0 aliphatic rings. The summed E-state index contributed by atoms with van der Waals surface area (Å²) in [6, 6.07) is -1.28. The molecule has 0 aliphatic heterocycles. The molecule has 0 amide bonds. The van der Waals surface area contributed by atoms with Gasteiger partial charge in [-0.1, -0.05) is 52.0 Å². The fourth-order valence-electron chi connectivity index (χ4n) is 7.99. The number of hydrogen-bond acceptors (Lipinski definition) is 10. The average Bonchev–Trinajstić information content (AvgIpc) is 3.92. The van der Waals surface area contributed by atoms with E-state index in [0.717, 1.165) is 0 Å². The molecule has 0 fully saturated rings. The zero-order valence-corrected chi connectivity index (χ0v) is 36.5. The molecule has 0 radical (unpaired) electrons. The smallest absolute Gasteiger partial charge is 0.306 e. The highest BCUT2D eigenvalue weighted by Crippen LogP contribution is 2.36. The molecular formula is C44H64N6O12. The molecule has 62 heavy (non-hydrogen) atoms. The van der Waals surface area contributed by atoms with Crippen molar-refractivity contribution in [2.24, 2.45) is 47.3 Å². The zero-order chi connectivity index (χ0) is 46.8. The first-order valence-electron chi connectivity index (χ1n) is 21.3. The number of terminal acetylenes is 2. The summed E-state index contributed by atoms with van der Waals surface area (Å²) < 4.78 is 2.95. The van der Waals surface area contributed by atoms with Crippen molar-refractivity contribution >= 4 is 35.8 Å². The van der Waals surface area contributed by atoms with Crippen molar-refractivity contribution in [2.45, 2.75) is 143 Å². The number of carboxylic acid groups (broad SMARTS) is 6. The normalized spacial score (nSPS) is 17.3. The van der Waals surface area contributed by atoms with Gasteiger partial charge in [0.15, 0.2) is 0 Å². The molecule has 2 aromatic rings. The second kappa shape index (κ2) is 25.2. The molecule has 0 spiro atoms. The summed E-state index contributed by atoms with van der Waals surface area (Å²) in [5.41, 5.74) is 0.796. The first-order chi connectivity index (χ1) is 29.2. The minimum absolute atomic E-state index is 0.0171. The lowest BCUT2D eigenvalue weighted by Crippen LogP contribution is -2.26. The van der Waals surface area contributed by atoms with Crippen LogP contribution in [0.25, 0.3) is 0 Å². The minimum atomic E-state index is -1.15. The van der Waals surface area contributed by atoms with Gasteiger partial charge in [-0.2, -0.15) is 0 Å². The van der Waals surface area contributed by atoms with Gasteiger partial charge in [-0.25, -0.2) is 9.36 Å². The van der Waals surface area contributed by atoms with E-state index in [9.17, 15) is 59.4 Å². The van der Waals surface area contributed by atoms with Gasteiger partial charge in [0.05, 0.1) is 59.0 Å². The molecule has 12 unspecified atom stereocenters. The van der Waals surface area contributed by atoms with Gasteiger partial charge in [0.2, 0.25) is 0 Å². The van der Waals surface area contributed by atoms with Crippen LogP contribution in [0.2, 0.25) is 0 Å². The van der Waals surface area contributed by atoms with Crippen molar-refractivity contribution in [3.63, 3.8) is 0 Å². The maximum atomic E-state index is 12.9. The van der Waals surface area contributed by atoms with Crippen LogP contribution in [-0.2, 0) is 28.8 Å². The van der Waals surface area contributed by atoms with Gasteiger partial charge >= 0.3 is 35.8 Å². The van der Waals surface area contributed by atoms with Crippen LogP contribution in [-0.4, -0.2) is 96.4 Å². The molecule has 18 heteroatoms. The summed E-state index contributed by atoms with van der Waals surface area (Å²) >= 11 is 0. The second-order valence-electron chi connectivity index (χ2n) is 16.8. The molecule has 0 aliphatic carbocycles. The number of aliphatic carboxylic acids is 6. The summed E-state index contributed by atoms with van der Waals surface area (Å²) in [6.07, 6.45) is 16.5. The highest BCUT2D eigenvalue weighted by Gasteiger charge is 2.34. The lowest BCUT2D eigenvalue weighted by Gasteiger charge is -2.25. The average molecular weight is 869 g/mol. The molecule has 2 aromatic heterocycles. The van der Waals surface area contributed by atoms with E-state index in [1.807, 2.05) is 20.8 Å².